The van der Waals surface area contributed by atoms with E-state index in [1.54, 1.807) is 17.5 Å². The summed E-state index contributed by atoms with van der Waals surface area (Å²) in [6, 6.07) is 8.51. The van der Waals surface area contributed by atoms with Crippen molar-refractivity contribution in [3.05, 3.63) is 52.5 Å². The predicted molar refractivity (Wildman–Crippen MR) is 77.1 cm³/mol. The van der Waals surface area contributed by atoms with Crippen molar-refractivity contribution in [1.82, 2.24) is 9.88 Å². The third-order valence-corrected chi connectivity index (χ3v) is 4.59. The number of nitrogens with zero attached hydrogens (tertiary/aromatic N) is 2. The van der Waals surface area contributed by atoms with Gasteiger partial charge in [-0.3, -0.25) is 9.88 Å². The van der Waals surface area contributed by atoms with Crippen LogP contribution in [-0.2, 0) is 13.0 Å². The molecule has 0 bridgehead atoms. The number of hydrogen-bond donors (Lipinski definition) is 1. The van der Waals surface area contributed by atoms with Crippen molar-refractivity contribution >= 4 is 11.3 Å². The molecule has 1 aliphatic rings. The van der Waals surface area contributed by atoms with Crippen LogP contribution in [0.15, 0.2) is 42.0 Å². The first-order valence-corrected chi connectivity index (χ1v) is 7.54. The number of hydrogen-bond acceptors (Lipinski definition) is 4. The number of rotatable bonds is 4. The number of pyridine rings is 1. The molecular formula is C15H18N2OS. The summed E-state index contributed by atoms with van der Waals surface area (Å²) in [5.41, 5.74) is 1.20. The molecule has 3 rings (SSSR count). The molecule has 2 aromatic rings. The monoisotopic (exact) mass is 274 g/mol. The van der Waals surface area contributed by atoms with Crippen LogP contribution in [0.3, 0.4) is 0 Å². The average Bonchev–Trinajstić information content (AvgIpc) is 3.05. The first-order chi connectivity index (χ1) is 9.33. The molecule has 100 valence electrons. The normalized spacial score (nSPS) is 23.8. The maximum absolute atomic E-state index is 10.2. The van der Waals surface area contributed by atoms with Crippen molar-refractivity contribution in [1.29, 1.82) is 0 Å². The molecule has 0 aromatic carbocycles. The van der Waals surface area contributed by atoms with E-state index in [1.807, 2.05) is 12.3 Å². The van der Waals surface area contributed by atoms with E-state index < -0.39 is 0 Å². The van der Waals surface area contributed by atoms with E-state index in [4.69, 9.17) is 0 Å². The van der Waals surface area contributed by atoms with Gasteiger partial charge in [-0.25, -0.2) is 0 Å². The van der Waals surface area contributed by atoms with E-state index in [2.05, 4.69) is 33.5 Å². The summed E-state index contributed by atoms with van der Waals surface area (Å²) in [6.45, 7) is 1.92. The van der Waals surface area contributed by atoms with Crippen molar-refractivity contribution in [3.8, 4) is 0 Å². The summed E-state index contributed by atoms with van der Waals surface area (Å²) in [7, 11) is 0. The van der Waals surface area contributed by atoms with E-state index in [0.29, 0.717) is 0 Å². The third kappa shape index (κ3) is 3.03. The predicted octanol–water partition coefficient (Wildman–Crippen LogP) is 2.32. The molecule has 0 unspecified atom stereocenters. The van der Waals surface area contributed by atoms with Gasteiger partial charge in [0.05, 0.1) is 6.10 Å². The lowest BCUT2D eigenvalue weighted by molar-refractivity contribution is 0.113. The molecule has 0 aliphatic carbocycles. The van der Waals surface area contributed by atoms with Crippen LogP contribution >= 0.6 is 11.3 Å². The van der Waals surface area contributed by atoms with Gasteiger partial charge in [0.2, 0.25) is 0 Å². The number of aliphatic hydroxyl groups is 1. The van der Waals surface area contributed by atoms with Gasteiger partial charge in [-0.2, -0.15) is 0 Å². The highest BCUT2D eigenvalue weighted by molar-refractivity contribution is 7.09. The highest BCUT2D eigenvalue weighted by Gasteiger charge is 2.32. The zero-order valence-electron chi connectivity index (χ0n) is 10.8. The zero-order chi connectivity index (χ0) is 13.1. The maximum Gasteiger partial charge on any atom is 0.0710 e. The average molecular weight is 274 g/mol. The lowest BCUT2D eigenvalue weighted by Gasteiger charge is -2.25. The Labute approximate surface area is 117 Å². The minimum Gasteiger partial charge on any atom is -0.391 e. The summed E-state index contributed by atoms with van der Waals surface area (Å²) in [5, 5.41) is 12.3. The van der Waals surface area contributed by atoms with Gasteiger partial charge in [0.15, 0.2) is 0 Å². The first-order valence-electron chi connectivity index (χ1n) is 6.66. The quantitative estimate of drug-likeness (QED) is 0.929. The van der Waals surface area contributed by atoms with Crippen LogP contribution in [0, 0.1) is 0 Å². The fourth-order valence-electron chi connectivity index (χ4n) is 2.72. The molecule has 0 saturated carbocycles. The lowest BCUT2D eigenvalue weighted by atomic mass is 10.0. The molecule has 1 fully saturated rings. The summed E-state index contributed by atoms with van der Waals surface area (Å²) in [5.74, 6) is 0. The number of thiophene rings is 1. The second-order valence-corrected chi connectivity index (χ2v) is 6.07. The van der Waals surface area contributed by atoms with Gasteiger partial charge in [0, 0.05) is 36.4 Å². The van der Waals surface area contributed by atoms with Crippen LogP contribution in [0.25, 0.3) is 0 Å². The molecule has 0 spiro atoms. The van der Waals surface area contributed by atoms with Gasteiger partial charge in [-0.05, 0) is 35.9 Å². The van der Waals surface area contributed by atoms with Crippen LogP contribution in [0.5, 0.6) is 0 Å². The first kappa shape index (κ1) is 12.8. The molecule has 1 saturated heterocycles. The minimum absolute atomic E-state index is 0.214. The van der Waals surface area contributed by atoms with E-state index in [9.17, 15) is 5.11 Å². The van der Waals surface area contributed by atoms with Gasteiger partial charge in [0.1, 0.15) is 0 Å². The molecule has 1 aliphatic heterocycles. The molecule has 2 atom stereocenters. The Kier molecular flexibility index (Phi) is 3.92. The van der Waals surface area contributed by atoms with E-state index in [-0.39, 0.29) is 12.1 Å². The van der Waals surface area contributed by atoms with Gasteiger partial charge in [-0.1, -0.05) is 12.1 Å². The highest BCUT2D eigenvalue weighted by Crippen LogP contribution is 2.25. The topological polar surface area (TPSA) is 36.4 Å². The smallest absolute Gasteiger partial charge is 0.0710 e. The Morgan fingerprint density at radius 2 is 2.32 bits per heavy atom. The maximum atomic E-state index is 10.2. The van der Waals surface area contributed by atoms with Gasteiger partial charge < -0.3 is 5.11 Å². The van der Waals surface area contributed by atoms with Gasteiger partial charge in [-0.15, -0.1) is 11.3 Å². The second-order valence-electron chi connectivity index (χ2n) is 5.04. The lowest BCUT2D eigenvalue weighted by Crippen LogP contribution is -2.36. The fourth-order valence-corrected chi connectivity index (χ4v) is 3.45. The van der Waals surface area contributed by atoms with E-state index in [1.165, 1.54) is 10.4 Å². The summed E-state index contributed by atoms with van der Waals surface area (Å²) in [4.78, 5) is 7.91. The second kappa shape index (κ2) is 5.82. The largest absolute Gasteiger partial charge is 0.391 e. The minimum atomic E-state index is -0.222. The summed E-state index contributed by atoms with van der Waals surface area (Å²) >= 11 is 1.78. The van der Waals surface area contributed by atoms with E-state index in [0.717, 1.165) is 25.9 Å². The summed E-state index contributed by atoms with van der Waals surface area (Å²) in [6.07, 6.45) is 5.21. The molecule has 0 radical (unpaired) electrons. The van der Waals surface area contributed by atoms with Crippen LogP contribution in [0.1, 0.15) is 16.9 Å². The zero-order valence-corrected chi connectivity index (χ0v) is 11.6. The van der Waals surface area contributed by atoms with Gasteiger partial charge in [0.25, 0.3) is 0 Å². The Bertz CT molecular complexity index is 500. The molecule has 0 amide bonds. The Hall–Kier alpha value is -1.23. The molecular weight excluding hydrogens is 256 g/mol. The Morgan fingerprint density at radius 1 is 1.37 bits per heavy atom. The third-order valence-electron chi connectivity index (χ3n) is 3.73. The van der Waals surface area contributed by atoms with Crippen molar-refractivity contribution in [2.45, 2.75) is 31.5 Å². The number of aromatic nitrogens is 1. The van der Waals surface area contributed by atoms with E-state index >= 15 is 0 Å². The molecule has 3 heterocycles. The SMILES string of the molecule is O[C@@H]1CCN(Cc2cccs2)[C@H]1Cc1cccnc1. The van der Waals surface area contributed by atoms with Crippen molar-refractivity contribution in [2.24, 2.45) is 0 Å². The van der Waals surface area contributed by atoms with Crippen LogP contribution in [0.2, 0.25) is 0 Å². The van der Waals surface area contributed by atoms with Gasteiger partial charge >= 0.3 is 0 Å². The van der Waals surface area contributed by atoms with Crippen molar-refractivity contribution < 1.29 is 5.11 Å². The highest BCUT2D eigenvalue weighted by atomic mass is 32.1. The van der Waals surface area contributed by atoms with Crippen LogP contribution in [0.4, 0.5) is 0 Å². The molecule has 19 heavy (non-hydrogen) atoms. The molecule has 3 nitrogen and oxygen atoms in total. The number of aliphatic hydroxyl groups excluding tert-OH is 1. The van der Waals surface area contributed by atoms with Crippen molar-refractivity contribution in [2.75, 3.05) is 6.54 Å². The molecule has 2 aromatic heterocycles. The fraction of sp³-hybridized carbons (Fsp3) is 0.400. The molecule has 4 heteroatoms. The Morgan fingerprint density at radius 3 is 3.05 bits per heavy atom. The number of likely N-dealkylation sites (tertiary alicyclic amines) is 1. The van der Waals surface area contributed by atoms with Crippen LogP contribution in [-0.4, -0.2) is 33.7 Å². The summed E-state index contributed by atoms with van der Waals surface area (Å²) < 4.78 is 0. The standard InChI is InChI=1S/C15H18N2OS/c18-15-5-7-17(11-13-4-2-8-19-13)14(15)9-12-3-1-6-16-10-12/h1-4,6,8,10,14-15,18H,5,7,9,11H2/t14-,15+/m0/s1. The molecule has 1 N–H and O–H groups in total. The van der Waals surface area contributed by atoms with Crippen LogP contribution < -0.4 is 0 Å². The van der Waals surface area contributed by atoms with Crippen molar-refractivity contribution in [3.63, 3.8) is 0 Å². The Balaban J connectivity index is 1.70.